The van der Waals surface area contributed by atoms with Crippen molar-refractivity contribution >= 4 is 67.3 Å². The Morgan fingerprint density at radius 2 is 0.628 bits per heavy atom. The zero-order valence-corrected chi connectivity index (χ0v) is 48.5. The Morgan fingerprint density at radius 3 is 1.07 bits per heavy atom. The van der Waals surface area contributed by atoms with Gasteiger partial charge in [0.05, 0.1) is 11.2 Å². The van der Waals surface area contributed by atoms with E-state index in [1.807, 2.05) is 134 Å². The molecule has 0 spiro atoms. The third-order valence-electron chi connectivity index (χ3n) is 15.9. The quantitative estimate of drug-likeness (QED) is 0.107. The molecule has 10 nitrogen and oxygen atoms in total. The molecule has 0 N–H and O–H groups in total. The van der Waals surface area contributed by atoms with Crippen LogP contribution in [0.5, 0.6) is 0 Å². The van der Waals surface area contributed by atoms with E-state index >= 15 is 0 Å². The fourth-order valence-electron chi connectivity index (χ4n) is 10.5. The predicted molar refractivity (Wildman–Crippen MR) is 350 cm³/mol. The summed E-state index contributed by atoms with van der Waals surface area (Å²) in [7, 11) is -0.325. The van der Waals surface area contributed by atoms with E-state index in [-0.39, 0.29) is 23.6 Å². The topological polar surface area (TPSA) is 122 Å². The predicted octanol–water partition coefficient (Wildman–Crippen LogP) is 17.5. The maximum absolute atomic E-state index is 6.15. The highest BCUT2D eigenvalue weighted by atomic mass is 35.5. The van der Waals surface area contributed by atoms with Crippen molar-refractivity contribution in [3.05, 3.63) is 273 Å². The Hall–Kier alpha value is -10.2. The van der Waals surface area contributed by atoms with Crippen LogP contribution in [0.15, 0.2) is 267 Å². The average Bonchev–Trinajstić information content (AvgIpc) is 1.68. The molecule has 0 amide bonds. The number of aromatic nitrogens is 8. The molecule has 1 aliphatic rings. The number of nitrogens with zero attached hydrogens (tertiary/aromatic N) is 8. The lowest BCUT2D eigenvalue weighted by atomic mass is 9.78. The molecule has 10 aromatic carbocycles. The van der Waals surface area contributed by atoms with Crippen LogP contribution in [0.3, 0.4) is 0 Å². The van der Waals surface area contributed by atoms with E-state index in [0.29, 0.717) is 29.1 Å². The number of fused-ring (bicyclic) bond motifs is 6. The zero-order chi connectivity index (χ0) is 58.6. The molecule has 14 aromatic rings. The van der Waals surface area contributed by atoms with Crippen molar-refractivity contribution in [1.29, 1.82) is 0 Å². The molecular weight excluding hydrogens is 1080 g/mol. The summed E-state index contributed by atoms with van der Waals surface area (Å²) >= 11 is 6.11. The number of pyridine rings is 2. The van der Waals surface area contributed by atoms with E-state index in [1.165, 1.54) is 38.1 Å². The second kappa shape index (κ2) is 23.8. The standard InChI is InChI=1S/C34H22N4.C21H14ClN3.C19H20BNO2/c1-3-7-23(8-4-1)24-11-14-27(15-12-24)33-36-32(26-9-5-2-6-10-26)37-34(38-33)29-17-18-30-28(21-29)16-13-25-19-20-35-22-31(25)30;22-21-24-19(17-9-5-2-6-10-17)23-20(25-21)18-13-11-16(12-14-18)15-7-3-1-4-8-15;1-18(2)19(3,4)23-20(22-18)15-7-8-16-14(11-15)6-5-13-9-10-21-12-17(13)16/h1-22H;1-14H;5-12H,1-4H3. The summed E-state index contributed by atoms with van der Waals surface area (Å²) in [6.45, 7) is 8.31. The van der Waals surface area contributed by atoms with Crippen LogP contribution in [0.25, 0.3) is 122 Å². The molecule has 12 heteroatoms. The monoisotopic (exact) mass is 1130 g/mol. The minimum absolute atomic E-state index is 0.191. The molecular formula is C74H56BClN8O2. The Labute approximate surface area is 504 Å². The summed E-state index contributed by atoms with van der Waals surface area (Å²) in [5, 5.41) is 9.54. The van der Waals surface area contributed by atoms with Gasteiger partial charge in [-0.2, -0.15) is 9.97 Å². The van der Waals surface area contributed by atoms with Crippen LogP contribution in [-0.4, -0.2) is 58.2 Å². The molecule has 0 radical (unpaired) electrons. The minimum Gasteiger partial charge on any atom is -0.399 e. The third kappa shape index (κ3) is 11.7. The van der Waals surface area contributed by atoms with Crippen LogP contribution < -0.4 is 5.46 Å². The van der Waals surface area contributed by atoms with Crippen LogP contribution in [0, 0.1) is 0 Å². The lowest BCUT2D eigenvalue weighted by Gasteiger charge is -2.32. The van der Waals surface area contributed by atoms with Crippen molar-refractivity contribution in [2.45, 2.75) is 38.9 Å². The Bertz CT molecular complexity index is 4700. The Morgan fingerprint density at radius 1 is 0.302 bits per heavy atom. The Balaban J connectivity index is 0.000000125. The Kier molecular flexibility index (Phi) is 15.3. The SMILES string of the molecule is CC1(C)OB(c2ccc3c(ccc4ccncc43)c2)OC1(C)C.Clc1nc(-c2ccccc2)nc(-c2ccc(-c3ccccc3)cc2)n1.c1ccc(-c2ccc(-c3nc(-c4ccccc4)nc(-c4ccc5c(ccc6ccncc65)c4)n3)cc2)cc1. The number of rotatable bonds is 8. The van der Waals surface area contributed by atoms with E-state index in [0.717, 1.165) is 60.6 Å². The van der Waals surface area contributed by atoms with Gasteiger partial charge in [-0.15, -0.1) is 0 Å². The van der Waals surface area contributed by atoms with E-state index < -0.39 is 0 Å². The maximum atomic E-state index is 6.15. The van der Waals surface area contributed by atoms with Gasteiger partial charge in [0, 0.05) is 63.4 Å². The lowest BCUT2D eigenvalue weighted by molar-refractivity contribution is 0.00578. The van der Waals surface area contributed by atoms with Crippen LogP contribution in [-0.2, 0) is 9.31 Å². The summed E-state index contributed by atoms with van der Waals surface area (Å²) in [5.41, 5.74) is 9.74. The number of hydrogen-bond acceptors (Lipinski definition) is 10. The van der Waals surface area contributed by atoms with Crippen molar-refractivity contribution in [1.82, 2.24) is 39.9 Å². The normalized spacial score (nSPS) is 13.2. The third-order valence-corrected chi connectivity index (χ3v) is 16.1. The molecule has 1 aliphatic heterocycles. The highest BCUT2D eigenvalue weighted by molar-refractivity contribution is 6.62. The van der Waals surface area contributed by atoms with Crippen LogP contribution in [0.4, 0.5) is 0 Å². The van der Waals surface area contributed by atoms with Gasteiger partial charge in [-0.1, -0.05) is 224 Å². The second-order valence-electron chi connectivity index (χ2n) is 22.0. The first-order valence-electron chi connectivity index (χ1n) is 28.5. The van der Waals surface area contributed by atoms with Crippen LogP contribution >= 0.6 is 11.6 Å². The van der Waals surface area contributed by atoms with Gasteiger partial charge in [0.2, 0.25) is 5.28 Å². The summed E-state index contributed by atoms with van der Waals surface area (Å²) in [5.74, 6) is 3.09. The van der Waals surface area contributed by atoms with Crippen molar-refractivity contribution in [3.63, 3.8) is 0 Å². The van der Waals surface area contributed by atoms with Gasteiger partial charge in [-0.3, -0.25) is 9.97 Å². The van der Waals surface area contributed by atoms with Gasteiger partial charge in [0.1, 0.15) is 0 Å². The fourth-order valence-corrected chi connectivity index (χ4v) is 10.7. The number of halogens is 1. The molecule has 0 saturated carbocycles. The first kappa shape index (κ1) is 55.0. The summed E-state index contributed by atoms with van der Waals surface area (Å²) in [6, 6.07) is 82.3. The summed E-state index contributed by atoms with van der Waals surface area (Å²) in [4.78, 5) is 36.4. The van der Waals surface area contributed by atoms with E-state index in [1.54, 1.807) is 0 Å². The number of hydrogen-bond donors (Lipinski definition) is 0. The zero-order valence-electron chi connectivity index (χ0n) is 47.8. The van der Waals surface area contributed by atoms with Crippen molar-refractivity contribution < 1.29 is 9.31 Å². The van der Waals surface area contributed by atoms with E-state index in [9.17, 15) is 0 Å². The highest BCUT2D eigenvalue weighted by Gasteiger charge is 2.51. The molecule has 0 atom stereocenters. The van der Waals surface area contributed by atoms with Crippen molar-refractivity contribution in [3.8, 4) is 79.2 Å². The minimum atomic E-state index is -0.325. The highest BCUT2D eigenvalue weighted by Crippen LogP contribution is 2.38. The van der Waals surface area contributed by atoms with Crippen LogP contribution in [0.1, 0.15) is 27.7 Å². The molecule has 1 saturated heterocycles. The largest absolute Gasteiger partial charge is 0.494 e. The molecule has 5 heterocycles. The maximum Gasteiger partial charge on any atom is 0.494 e. The molecule has 0 aliphatic carbocycles. The first-order valence-corrected chi connectivity index (χ1v) is 28.9. The molecule has 86 heavy (non-hydrogen) atoms. The molecule has 4 aromatic heterocycles. The molecule has 15 rings (SSSR count). The van der Waals surface area contributed by atoms with Crippen LogP contribution in [0.2, 0.25) is 5.28 Å². The summed E-state index contributed by atoms with van der Waals surface area (Å²) < 4.78 is 12.3. The van der Waals surface area contributed by atoms with Gasteiger partial charge in [-0.25, -0.2) is 19.9 Å². The van der Waals surface area contributed by atoms with Gasteiger partial charge >= 0.3 is 7.12 Å². The fraction of sp³-hybridized carbons (Fsp3) is 0.0811. The van der Waals surface area contributed by atoms with Crippen molar-refractivity contribution in [2.24, 2.45) is 0 Å². The van der Waals surface area contributed by atoms with Gasteiger partial charge < -0.3 is 9.31 Å². The molecule has 0 bridgehead atoms. The van der Waals surface area contributed by atoms with Gasteiger partial charge in [-0.05, 0) is 118 Å². The van der Waals surface area contributed by atoms with Gasteiger partial charge in [0.15, 0.2) is 29.1 Å². The van der Waals surface area contributed by atoms with Gasteiger partial charge in [0.25, 0.3) is 0 Å². The molecule has 0 unspecified atom stereocenters. The smallest absolute Gasteiger partial charge is 0.399 e. The van der Waals surface area contributed by atoms with E-state index in [2.05, 4.69) is 186 Å². The van der Waals surface area contributed by atoms with Crippen molar-refractivity contribution in [2.75, 3.05) is 0 Å². The lowest BCUT2D eigenvalue weighted by Crippen LogP contribution is -2.41. The molecule has 1 fully saturated rings. The second-order valence-corrected chi connectivity index (χ2v) is 22.3. The van der Waals surface area contributed by atoms with E-state index in [4.69, 9.17) is 35.9 Å². The summed E-state index contributed by atoms with van der Waals surface area (Å²) in [6.07, 6.45) is 7.50. The average molecular weight is 1140 g/mol. The first-order chi connectivity index (χ1) is 42.0. The molecule has 414 valence electrons. The number of benzene rings is 10.